The van der Waals surface area contributed by atoms with Gasteiger partial charge in [0.15, 0.2) is 0 Å². The summed E-state index contributed by atoms with van der Waals surface area (Å²) in [6.07, 6.45) is 11.6. The van der Waals surface area contributed by atoms with E-state index in [9.17, 15) is 0 Å². The fourth-order valence-electron chi connectivity index (χ4n) is 4.96. The Balaban J connectivity index is 1.59. The second kappa shape index (κ2) is 8.30. The van der Waals surface area contributed by atoms with Crippen molar-refractivity contribution in [2.75, 3.05) is 6.54 Å². The normalized spacial score (nSPS) is 25.9. The lowest BCUT2D eigenvalue weighted by atomic mass is 9.94. The molecule has 2 saturated heterocycles. The number of terminal acetylenes is 1. The molecule has 2 fully saturated rings. The van der Waals surface area contributed by atoms with Gasteiger partial charge in [-0.25, -0.2) is 0 Å². The van der Waals surface area contributed by atoms with E-state index in [1.807, 2.05) is 0 Å². The van der Waals surface area contributed by atoms with E-state index in [1.54, 1.807) is 0 Å². The van der Waals surface area contributed by atoms with Crippen LogP contribution in [0.1, 0.15) is 55.4 Å². The lowest BCUT2D eigenvalue weighted by Gasteiger charge is -2.39. The maximum Gasteiger partial charge on any atom is 0.108 e. The van der Waals surface area contributed by atoms with E-state index in [0.29, 0.717) is 18.2 Å². The highest BCUT2D eigenvalue weighted by Gasteiger charge is 2.41. The molecule has 0 spiro atoms. The van der Waals surface area contributed by atoms with Crippen molar-refractivity contribution in [1.82, 2.24) is 4.90 Å². The molecule has 2 heteroatoms. The van der Waals surface area contributed by atoms with Crippen molar-refractivity contribution < 1.29 is 4.74 Å². The second-order valence-electron chi connectivity index (χ2n) is 7.83. The molecule has 2 aromatic carbocycles. The maximum atomic E-state index is 6.84. The van der Waals surface area contributed by atoms with Gasteiger partial charge in [-0.1, -0.05) is 67.4 Å². The van der Waals surface area contributed by atoms with E-state index in [2.05, 4.69) is 72.3 Å². The molecule has 2 aliphatic heterocycles. The number of benzene rings is 2. The van der Waals surface area contributed by atoms with Gasteiger partial charge in [-0.05, 0) is 48.8 Å². The molecule has 0 saturated carbocycles. The average molecular weight is 360 g/mol. The van der Waals surface area contributed by atoms with Crippen LogP contribution in [0, 0.1) is 12.3 Å². The SMILES string of the molecule is C#CCN1[C@@H]2CC[C@H]1CC(OC(c1ccccc1)c1ccccc1CC)C2. The van der Waals surface area contributed by atoms with Crippen molar-refractivity contribution in [3.05, 3.63) is 71.3 Å². The van der Waals surface area contributed by atoms with Gasteiger partial charge in [0.25, 0.3) is 0 Å². The zero-order valence-electron chi connectivity index (χ0n) is 16.2. The summed E-state index contributed by atoms with van der Waals surface area (Å²) in [5.74, 6) is 2.85. The highest BCUT2D eigenvalue weighted by molar-refractivity contribution is 5.36. The third kappa shape index (κ3) is 3.81. The molecule has 0 N–H and O–H groups in total. The Kier molecular flexibility index (Phi) is 5.62. The van der Waals surface area contributed by atoms with Crippen LogP contribution in [-0.2, 0) is 11.2 Å². The minimum Gasteiger partial charge on any atom is -0.365 e. The number of nitrogens with zero attached hydrogens (tertiary/aromatic N) is 1. The fourth-order valence-corrected chi connectivity index (χ4v) is 4.96. The third-order valence-corrected chi connectivity index (χ3v) is 6.26. The van der Waals surface area contributed by atoms with Crippen LogP contribution in [0.5, 0.6) is 0 Å². The number of rotatable bonds is 6. The van der Waals surface area contributed by atoms with E-state index in [0.717, 1.165) is 25.8 Å². The molecule has 0 radical (unpaired) electrons. The van der Waals surface area contributed by atoms with Gasteiger partial charge in [-0.2, -0.15) is 0 Å². The van der Waals surface area contributed by atoms with E-state index in [-0.39, 0.29) is 6.10 Å². The van der Waals surface area contributed by atoms with Gasteiger partial charge in [0.1, 0.15) is 6.10 Å². The number of piperidine rings is 1. The van der Waals surface area contributed by atoms with Crippen molar-refractivity contribution >= 4 is 0 Å². The number of hydrogen-bond donors (Lipinski definition) is 0. The van der Waals surface area contributed by atoms with Gasteiger partial charge < -0.3 is 4.74 Å². The van der Waals surface area contributed by atoms with E-state index >= 15 is 0 Å². The molecule has 2 bridgehead atoms. The lowest BCUT2D eigenvalue weighted by Crippen LogP contribution is -2.45. The molecule has 2 unspecified atom stereocenters. The first-order valence-electron chi connectivity index (χ1n) is 10.3. The number of aryl methyl sites for hydroxylation is 1. The molecule has 2 aromatic rings. The lowest BCUT2D eigenvalue weighted by molar-refractivity contribution is -0.0455. The molecular weight excluding hydrogens is 330 g/mol. The maximum absolute atomic E-state index is 6.84. The predicted octanol–water partition coefficient (Wildman–Crippen LogP) is 4.98. The Hall–Kier alpha value is -2.08. The van der Waals surface area contributed by atoms with E-state index in [4.69, 9.17) is 11.2 Å². The summed E-state index contributed by atoms with van der Waals surface area (Å²) in [6.45, 7) is 3.00. The average Bonchev–Trinajstić information content (AvgIpc) is 2.95. The van der Waals surface area contributed by atoms with Crippen molar-refractivity contribution in [2.45, 2.75) is 63.3 Å². The zero-order chi connectivity index (χ0) is 18.6. The monoisotopic (exact) mass is 359 g/mol. The molecule has 4 atom stereocenters. The summed E-state index contributed by atoms with van der Waals surface area (Å²) < 4.78 is 6.84. The van der Waals surface area contributed by atoms with Crippen LogP contribution in [0.2, 0.25) is 0 Å². The Morgan fingerprint density at radius 2 is 1.70 bits per heavy atom. The Bertz CT molecular complexity index is 779. The number of fused-ring (bicyclic) bond motifs is 2. The molecule has 140 valence electrons. The standard InChI is InChI=1S/C25H29NO/c1-3-16-26-21-14-15-22(26)18-23(17-21)27-25(20-11-6-5-7-12-20)24-13-9-8-10-19(24)4-2/h1,5-13,21-23,25H,4,14-18H2,2H3/t21-,22+,23?,25?. The van der Waals surface area contributed by atoms with Crippen molar-refractivity contribution in [3.63, 3.8) is 0 Å². The van der Waals surface area contributed by atoms with Crippen LogP contribution in [0.3, 0.4) is 0 Å². The van der Waals surface area contributed by atoms with Gasteiger partial charge >= 0.3 is 0 Å². The molecule has 2 nitrogen and oxygen atoms in total. The largest absolute Gasteiger partial charge is 0.365 e. The second-order valence-corrected chi connectivity index (χ2v) is 7.83. The Labute approximate surface area is 163 Å². The summed E-state index contributed by atoms with van der Waals surface area (Å²) in [6, 6.07) is 20.6. The Morgan fingerprint density at radius 1 is 1.04 bits per heavy atom. The van der Waals surface area contributed by atoms with E-state index < -0.39 is 0 Å². The van der Waals surface area contributed by atoms with Crippen molar-refractivity contribution in [3.8, 4) is 12.3 Å². The summed E-state index contributed by atoms with van der Waals surface area (Å²) in [5, 5.41) is 0. The minimum atomic E-state index is 0.00549. The van der Waals surface area contributed by atoms with Gasteiger partial charge in [-0.3, -0.25) is 4.90 Å². The molecule has 0 aromatic heterocycles. The quantitative estimate of drug-likeness (QED) is 0.674. The van der Waals surface area contributed by atoms with Crippen LogP contribution in [0.4, 0.5) is 0 Å². The van der Waals surface area contributed by atoms with Gasteiger partial charge in [0.05, 0.1) is 12.6 Å². The van der Waals surface area contributed by atoms with Crippen molar-refractivity contribution in [1.29, 1.82) is 0 Å². The number of ether oxygens (including phenoxy) is 1. The third-order valence-electron chi connectivity index (χ3n) is 6.26. The first-order chi connectivity index (χ1) is 13.3. The highest BCUT2D eigenvalue weighted by atomic mass is 16.5. The topological polar surface area (TPSA) is 12.5 Å². The Morgan fingerprint density at radius 3 is 2.37 bits per heavy atom. The predicted molar refractivity (Wildman–Crippen MR) is 111 cm³/mol. The first-order valence-corrected chi connectivity index (χ1v) is 10.3. The highest BCUT2D eigenvalue weighted by Crippen LogP contribution is 2.40. The molecule has 27 heavy (non-hydrogen) atoms. The van der Waals surface area contributed by atoms with Crippen LogP contribution in [-0.4, -0.2) is 29.6 Å². The van der Waals surface area contributed by atoms with Crippen LogP contribution < -0.4 is 0 Å². The minimum absolute atomic E-state index is 0.00549. The van der Waals surface area contributed by atoms with Gasteiger partial charge in [0.2, 0.25) is 0 Å². The molecule has 0 aliphatic carbocycles. The van der Waals surface area contributed by atoms with Crippen LogP contribution in [0.15, 0.2) is 54.6 Å². The van der Waals surface area contributed by atoms with Gasteiger partial charge in [0, 0.05) is 12.1 Å². The fraction of sp³-hybridized carbons (Fsp3) is 0.440. The first kappa shape index (κ1) is 18.3. The molecule has 4 rings (SSSR count). The smallest absolute Gasteiger partial charge is 0.108 e. The van der Waals surface area contributed by atoms with Crippen LogP contribution >= 0.6 is 0 Å². The van der Waals surface area contributed by atoms with Gasteiger partial charge in [-0.15, -0.1) is 6.42 Å². The molecular formula is C25H29NO. The zero-order valence-corrected chi connectivity index (χ0v) is 16.2. The van der Waals surface area contributed by atoms with Crippen molar-refractivity contribution in [2.24, 2.45) is 0 Å². The summed E-state index contributed by atoms with van der Waals surface area (Å²) in [5.41, 5.74) is 3.93. The molecule has 2 aliphatic rings. The molecule has 0 amide bonds. The molecule has 2 heterocycles. The number of hydrogen-bond acceptors (Lipinski definition) is 2. The summed E-state index contributed by atoms with van der Waals surface area (Å²) in [4.78, 5) is 2.53. The summed E-state index contributed by atoms with van der Waals surface area (Å²) >= 11 is 0. The van der Waals surface area contributed by atoms with E-state index in [1.165, 1.54) is 29.5 Å². The summed E-state index contributed by atoms with van der Waals surface area (Å²) in [7, 11) is 0. The van der Waals surface area contributed by atoms with Crippen LogP contribution in [0.25, 0.3) is 0 Å².